The topological polar surface area (TPSA) is 64.4 Å². The summed E-state index contributed by atoms with van der Waals surface area (Å²) in [5, 5.41) is 4.12. The molecule has 0 aliphatic rings. The third-order valence-corrected chi connectivity index (χ3v) is 4.19. The van der Waals surface area contributed by atoms with E-state index >= 15 is 0 Å². The van der Waals surface area contributed by atoms with Crippen LogP contribution in [-0.4, -0.2) is 39.7 Å². The molecule has 0 fully saturated rings. The van der Waals surface area contributed by atoms with Crippen molar-refractivity contribution >= 4 is 11.9 Å². The maximum atomic E-state index is 13.3. The molecule has 1 heterocycles. The van der Waals surface area contributed by atoms with Gasteiger partial charge in [0.25, 0.3) is 5.91 Å². The van der Waals surface area contributed by atoms with Crippen LogP contribution < -0.4 is 0 Å². The predicted octanol–water partition coefficient (Wildman–Crippen LogP) is 3.22. The summed E-state index contributed by atoms with van der Waals surface area (Å²) in [6.07, 6.45) is 2.50. The summed E-state index contributed by atoms with van der Waals surface area (Å²) in [6.45, 7) is 1.73. The maximum absolute atomic E-state index is 13.3. The van der Waals surface area contributed by atoms with Crippen LogP contribution in [0.3, 0.4) is 0 Å². The zero-order valence-electron chi connectivity index (χ0n) is 15.6. The van der Waals surface area contributed by atoms with E-state index in [9.17, 15) is 14.0 Å². The smallest absolute Gasteiger partial charge is 0.338 e. The third-order valence-electron chi connectivity index (χ3n) is 4.19. The first-order chi connectivity index (χ1) is 13.4. The molecule has 6 nitrogen and oxygen atoms in total. The number of nitrogens with zero attached hydrogens (tertiary/aromatic N) is 3. The summed E-state index contributed by atoms with van der Waals surface area (Å²) in [7, 11) is 1.58. The van der Waals surface area contributed by atoms with Gasteiger partial charge in [-0.05, 0) is 55.0 Å². The highest BCUT2D eigenvalue weighted by Gasteiger charge is 2.22. The van der Waals surface area contributed by atoms with Crippen molar-refractivity contribution in [1.29, 1.82) is 0 Å². The van der Waals surface area contributed by atoms with Gasteiger partial charge in [-0.25, -0.2) is 13.9 Å². The number of aromatic nitrogens is 2. The first-order valence-corrected chi connectivity index (χ1v) is 8.74. The Balaban J connectivity index is 1.59. The van der Waals surface area contributed by atoms with Crippen molar-refractivity contribution < 1.29 is 18.7 Å². The molecule has 144 valence electrons. The van der Waals surface area contributed by atoms with Crippen LogP contribution in [0.1, 0.15) is 22.8 Å². The van der Waals surface area contributed by atoms with E-state index in [0.717, 1.165) is 5.69 Å². The van der Waals surface area contributed by atoms with E-state index < -0.39 is 12.1 Å². The van der Waals surface area contributed by atoms with Crippen molar-refractivity contribution in [2.45, 2.75) is 19.6 Å². The Hall–Kier alpha value is -3.48. The fourth-order valence-corrected chi connectivity index (χ4v) is 2.75. The molecule has 0 unspecified atom stereocenters. The summed E-state index contributed by atoms with van der Waals surface area (Å²) >= 11 is 0. The van der Waals surface area contributed by atoms with Crippen LogP contribution in [0.25, 0.3) is 5.69 Å². The summed E-state index contributed by atoms with van der Waals surface area (Å²) in [5.41, 5.74) is 1.80. The Kier molecular flexibility index (Phi) is 5.84. The van der Waals surface area contributed by atoms with Crippen LogP contribution in [0.4, 0.5) is 4.39 Å². The number of likely N-dealkylation sites (N-methyl/N-ethyl adjacent to an activating group) is 1. The van der Waals surface area contributed by atoms with E-state index in [1.165, 1.54) is 24.0 Å². The van der Waals surface area contributed by atoms with Crippen molar-refractivity contribution in [2.24, 2.45) is 0 Å². The molecular formula is C21H20FN3O3. The molecule has 0 spiro atoms. The molecule has 1 aromatic heterocycles. The minimum atomic E-state index is -0.961. The van der Waals surface area contributed by atoms with Crippen LogP contribution in [0, 0.1) is 5.82 Å². The van der Waals surface area contributed by atoms with Gasteiger partial charge in [0.1, 0.15) is 5.82 Å². The molecular weight excluding hydrogens is 361 g/mol. The largest absolute Gasteiger partial charge is 0.449 e. The second kappa shape index (κ2) is 8.47. The minimum absolute atomic E-state index is 0.219. The van der Waals surface area contributed by atoms with Gasteiger partial charge in [0.15, 0.2) is 6.10 Å². The van der Waals surface area contributed by atoms with E-state index in [0.29, 0.717) is 11.1 Å². The Bertz CT molecular complexity index is 955. The number of halogens is 1. The van der Waals surface area contributed by atoms with Crippen LogP contribution in [0.15, 0.2) is 67.0 Å². The number of ether oxygens (including phenoxy) is 1. The molecule has 1 amide bonds. The zero-order chi connectivity index (χ0) is 20.1. The molecule has 0 saturated carbocycles. The van der Waals surface area contributed by atoms with E-state index in [1.807, 2.05) is 0 Å². The Morgan fingerprint density at radius 3 is 2.57 bits per heavy atom. The number of esters is 1. The van der Waals surface area contributed by atoms with Gasteiger partial charge in [-0.15, -0.1) is 0 Å². The molecule has 3 rings (SSSR count). The molecule has 7 heteroatoms. The van der Waals surface area contributed by atoms with E-state index in [4.69, 9.17) is 4.74 Å². The highest BCUT2D eigenvalue weighted by molar-refractivity contribution is 5.92. The van der Waals surface area contributed by atoms with Crippen LogP contribution >= 0.6 is 0 Å². The number of hydrogen-bond donors (Lipinski definition) is 0. The first-order valence-electron chi connectivity index (χ1n) is 8.74. The Labute approximate surface area is 162 Å². The monoisotopic (exact) mass is 381 g/mol. The molecule has 28 heavy (non-hydrogen) atoms. The molecule has 0 radical (unpaired) electrons. The van der Waals surface area contributed by atoms with Gasteiger partial charge in [0.2, 0.25) is 0 Å². The van der Waals surface area contributed by atoms with E-state index in [-0.39, 0.29) is 18.3 Å². The summed E-state index contributed by atoms with van der Waals surface area (Å²) in [6, 6.07) is 14.5. The highest BCUT2D eigenvalue weighted by Crippen LogP contribution is 2.12. The van der Waals surface area contributed by atoms with Gasteiger partial charge in [-0.3, -0.25) is 4.79 Å². The second-order valence-electron chi connectivity index (χ2n) is 6.37. The number of rotatable bonds is 6. The van der Waals surface area contributed by atoms with Gasteiger partial charge in [0.05, 0.1) is 11.3 Å². The predicted molar refractivity (Wildman–Crippen MR) is 101 cm³/mol. The van der Waals surface area contributed by atoms with Gasteiger partial charge in [-0.2, -0.15) is 5.10 Å². The standard InChI is InChI=1S/C21H20FN3O3/c1-15(20(26)24(2)14-16-5-3-6-18(22)13-16)28-21(27)17-7-9-19(10-8-17)25-12-4-11-23-25/h3-13,15H,14H2,1-2H3/t15-/m0/s1. The number of carbonyl (C=O) groups is 2. The lowest BCUT2D eigenvalue weighted by Crippen LogP contribution is -2.37. The summed E-state index contributed by atoms with van der Waals surface area (Å²) in [5.74, 6) is -1.32. The highest BCUT2D eigenvalue weighted by atomic mass is 19.1. The summed E-state index contributed by atoms with van der Waals surface area (Å²) < 4.78 is 20.2. The first kappa shape index (κ1) is 19.3. The molecule has 1 atom stereocenters. The maximum Gasteiger partial charge on any atom is 0.338 e. The number of hydrogen-bond acceptors (Lipinski definition) is 4. The minimum Gasteiger partial charge on any atom is -0.449 e. The lowest BCUT2D eigenvalue weighted by atomic mass is 10.2. The molecule has 2 aromatic carbocycles. The Morgan fingerprint density at radius 2 is 1.93 bits per heavy atom. The van der Waals surface area contributed by atoms with Gasteiger partial charge >= 0.3 is 5.97 Å². The third kappa shape index (κ3) is 4.62. The van der Waals surface area contributed by atoms with Crippen molar-refractivity contribution in [3.05, 3.63) is 83.9 Å². The number of amides is 1. The van der Waals surface area contributed by atoms with Gasteiger partial charge in [-0.1, -0.05) is 12.1 Å². The van der Waals surface area contributed by atoms with Crippen LogP contribution in [0.2, 0.25) is 0 Å². The average molecular weight is 381 g/mol. The molecule has 0 aliphatic heterocycles. The molecule has 0 N–H and O–H groups in total. The fraction of sp³-hybridized carbons (Fsp3) is 0.190. The zero-order valence-corrected chi connectivity index (χ0v) is 15.6. The molecule has 0 bridgehead atoms. The number of benzene rings is 2. The van der Waals surface area contributed by atoms with Gasteiger partial charge < -0.3 is 9.64 Å². The van der Waals surface area contributed by atoms with Crippen molar-refractivity contribution in [3.8, 4) is 5.69 Å². The van der Waals surface area contributed by atoms with E-state index in [2.05, 4.69) is 5.10 Å². The van der Waals surface area contributed by atoms with Crippen molar-refractivity contribution in [3.63, 3.8) is 0 Å². The number of carbonyl (C=O) groups excluding carboxylic acids is 2. The van der Waals surface area contributed by atoms with E-state index in [1.54, 1.807) is 66.6 Å². The fourth-order valence-electron chi connectivity index (χ4n) is 2.75. The Morgan fingerprint density at radius 1 is 1.18 bits per heavy atom. The molecule has 0 aliphatic carbocycles. The lowest BCUT2D eigenvalue weighted by molar-refractivity contribution is -0.139. The van der Waals surface area contributed by atoms with Gasteiger partial charge in [0, 0.05) is 26.0 Å². The van der Waals surface area contributed by atoms with Crippen LogP contribution in [0.5, 0.6) is 0 Å². The van der Waals surface area contributed by atoms with Crippen molar-refractivity contribution in [2.75, 3.05) is 7.05 Å². The molecule has 0 saturated heterocycles. The van der Waals surface area contributed by atoms with Crippen molar-refractivity contribution in [1.82, 2.24) is 14.7 Å². The van der Waals surface area contributed by atoms with Crippen LogP contribution in [-0.2, 0) is 16.1 Å². The lowest BCUT2D eigenvalue weighted by Gasteiger charge is -2.21. The summed E-state index contributed by atoms with van der Waals surface area (Å²) in [4.78, 5) is 26.2. The molecule has 3 aromatic rings. The SMILES string of the molecule is C[C@H](OC(=O)c1ccc(-n2cccn2)cc1)C(=O)N(C)Cc1cccc(F)c1. The quantitative estimate of drug-likeness (QED) is 0.615. The normalized spacial score (nSPS) is 11.7. The second-order valence-corrected chi connectivity index (χ2v) is 6.37. The average Bonchev–Trinajstić information content (AvgIpc) is 3.22.